The third-order valence-corrected chi connectivity index (χ3v) is 3.66. The van der Waals surface area contributed by atoms with E-state index in [4.69, 9.17) is 0 Å². The van der Waals surface area contributed by atoms with Crippen LogP contribution in [0, 0.1) is 5.92 Å². The molecular formula is C11H17F3N2O. The quantitative estimate of drug-likeness (QED) is 0.567. The molecule has 6 heteroatoms. The Morgan fingerprint density at radius 2 is 1.88 bits per heavy atom. The van der Waals surface area contributed by atoms with Crippen LogP contribution in [0.5, 0.6) is 0 Å². The van der Waals surface area contributed by atoms with Gasteiger partial charge >= 0.3 is 6.18 Å². The van der Waals surface area contributed by atoms with E-state index in [-0.39, 0.29) is 18.0 Å². The number of halogens is 3. The Hall–Kier alpha value is -0.780. The number of rotatable bonds is 3. The summed E-state index contributed by atoms with van der Waals surface area (Å²) in [5.74, 6) is 0.261. The summed E-state index contributed by atoms with van der Waals surface area (Å²) >= 11 is 0. The second-order valence-corrected chi connectivity index (χ2v) is 4.84. The molecule has 0 aromatic carbocycles. The van der Waals surface area contributed by atoms with Crippen molar-refractivity contribution in [1.82, 2.24) is 4.90 Å². The van der Waals surface area contributed by atoms with E-state index in [0.29, 0.717) is 0 Å². The maximum Gasteiger partial charge on any atom is 0.401 e. The van der Waals surface area contributed by atoms with Crippen LogP contribution < -0.4 is 0 Å². The molecular weight excluding hydrogens is 233 g/mol. The highest BCUT2D eigenvalue weighted by Gasteiger charge is 2.44. The van der Waals surface area contributed by atoms with Crippen LogP contribution in [0.1, 0.15) is 25.7 Å². The minimum Gasteiger partial charge on any atom is -0.399 e. The number of piperidine rings is 1. The molecule has 2 aliphatic heterocycles. The fourth-order valence-electron chi connectivity index (χ4n) is 3.05. The van der Waals surface area contributed by atoms with E-state index in [1.165, 1.54) is 7.11 Å². The summed E-state index contributed by atoms with van der Waals surface area (Å²) in [4.78, 5) is 6.24. The van der Waals surface area contributed by atoms with Gasteiger partial charge in [-0.2, -0.15) is 13.2 Å². The summed E-state index contributed by atoms with van der Waals surface area (Å²) in [5.41, 5.74) is 0. The van der Waals surface area contributed by atoms with E-state index >= 15 is 0 Å². The zero-order valence-corrected chi connectivity index (χ0v) is 9.78. The van der Waals surface area contributed by atoms with Crippen molar-refractivity contribution in [3.63, 3.8) is 0 Å². The highest BCUT2D eigenvalue weighted by Crippen LogP contribution is 2.39. The van der Waals surface area contributed by atoms with E-state index in [1.807, 2.05) is 0 Å². The maximum atomic E-state index is 12.4. The lowest BCUT2D eigenvalue weighted by Crippen LogP contribution is -2.47. The van der Waals surface area contributed by atoms with Gasteiger partial charge in [-0.05, 0) is 25.7 Å². The molecule has 2 atom stereocenters. The van der Waals surface area contributed by atoms with Gasteiger partial charge in [0.2, 0.25) is 0 Å². The molecule has 0 spiro atoms. The monoisotopic (exact) mass is 250 g/mol. The Morgan fingerprint density at radius 3 is 2.35 bits per heavy atom. The number of hydrogen-bond donors (Lipinski definition) is 0. The Balaban J connectivity index is 1.96. The summed E-state index contributed by atoms with van der Waals surface area (Å²) in [5, 5.41) is 3.73. The van der Waals surface area contributed by atoms with Gasteiger partial charge < -0.3 is 4.84 Å². The third kappa shape index (κ3) is 3.12. The van der Waals surface area contributed by atoms with Crippen molar-refractivity contribution in [1.29, 1.82) is 0 Å². The Kier molecular flexibility index (Phi) is 3.61. The Morgan fingerprint density at radius 1 is 1.29 bits per heavy atom. The molecule has 0 N–H and O–H groups in total. The van der Waals surface area contributed by atoms with Crippen LogP contribution in [0.25, 0.3) is 0 Å². The minimum atomic E-state index is -4.09. The second-order valence-electron chi connectivity index (χ2n) is 4.84. The fraction of sp³-hybridized carbons (Fsp3) is 0.909. The van der Waals surface area contributed by atoms with Gasteiger partial charge in [-0.1, -0.05) is 5.16 Å². The zero-order valence-electron chi connectivity index (χ0n) is 9.78. The first kappa shape index (κ1) is 12.7. The zero-order chi connectivity index (χ0) is 12.5. The number of alkyl halides is 3. The van der Waals surface area contributed by atoms with Gasteiger partial charge in [-0.25, -0.2) is 0 Å². The maximum absolute atomic E-state index is 12.4. The lowest BCUT2D eigenvalue weighted by Gasteiger charge is -2.37. The van der Waals surface area contributed by atoms with Crippen LogP contribution >= 0.6 is 0 Å². The lowest BCUT2D eigenvalue weighted by atomic mass is 9.92. The molecule has 0 amide bonds. The van der Waals surface area contributed by atoms with Crippen molar-refractivity contribution in [2.45, 2.75) is 43.9 Å². The smallest absolute Gasteiger partial charge is 0.399 e. The minimum absolute atomic E-state index is 0.0590. The normalized spacial score (nSPS) is 34.5. The van der Waals surface area contributed by atoms with Gasteiger partial charge in [-0.15, -0.1) is 0 Å². The van der Waals surface area contributed by atoms with Crippen molar-refractivity contribution in [2.75, 3.05) is 13.7 Å². The summed E-state index contributed by atoms with van der Waals surface area (Å²) in [6.45, 7) is -0.767. The Bertz CT molecular complexity index is 279. The van der Waals surface area contributed by atoms with Crippen LogP contribution in [-0.4, -0.2) is 43.0 Å². The van der Waals surface area contributed by atoms with Crippen LogP contribution in [0.2, 0.25) is 0 Å². The van der Waals surface area contributed by atoms with Crippen LogP contribution in [-0.2, 0) is 4.84 Å². The molecule has 2 unspecified atom stereocenters. The van der Waals surface area contributed by atoms with E-state index < -0.39 is 12.7 Å². The molecule has 2 saturated heterocycles. The Labute approximate surface area is 98.6 Å². The van der Waals surface area contributed by atoms with Gasteiger partial charge in [0, 0.05) is 24.2 Å². The SMILES string of the molecule is CO/N=C/C1CC2CCC(C1)N2CC(F)(F)F. The highest BCUT2D eigenvalue weighted by molar-refractivity contribution is 5.60. The summed E-state index contributed by atoms with van der Waals surface area (Å²) in [6.07, 6.45) is 0.916. The van der Waals surface area contributed by atoms with Gasteiger partial charge in [0.1, 0.15) is 7.11 Å². The van der Waals surface area contributed by atoms with Crippen molar-refractivity contribution in [3.05, 3.63) is 0 Å². The molecule has 0 saturated carbocycles. The van der Waals surface area contributed by atoms with Gasteiger partial charge in [0.05, 0.1) is 6.54 Å². The molecule has 98 valence electrons. The largest absolute Gasteiger partial charge is 0.401 e. The van der Waals surface area contributed by atoms with Crippen LogP contribution in [0.15, 0.2) is 5.16 Å². The molecule has 0 radical (unpaired) electrons. The molecule has 2 aliphatic rings. The first-order valence-corrected chi connectivity index (χ1v) is 5.88. The third-order valence-electron chi connectivity index (χ3n) is 3.66. The standard InChI is InChI=1S/C11H17F3N2O/c1-17-15-6-8-4-9-2-3-10(5-8)16(9)7-11(12,13)14/h6,8-10H,2-5,7H2,1H3/b15-6+. The summed E-state index contributed by atoms with van der Waals surface area (Å²) in [6, 6.07) is 0.118. The first-order valence-electron chi connectivity index (χ1n) is 5.88. The highest BCUT2D eigenvalue weighted by atomic mass is 19.4. The number of hydrogen-bond acceptors (Lipinski definition) is 3. The first-order chi connectivity index (χ1) is 7.99. The van der Waals surface area contributed by atoms with Crippen LogP contribution in [0.4, 0.5) is 13.2 Å². The molecule has 0 aromatic rings. The van der Waals surface area contributed by atoms with Crippen LogP contribution in [0.3, 0.4) is 0 Å². The number of fused-ring (bicyclic) bond motifs is 2. The molecule has 2 heterocycles. The summed E-state index contributed by atoms with van der Waals surface area (Å²) < 4.78 is 37.3. The molecule has 2 bridgehead atoms. The average molecular weight is 250 g/mol. The van der Waals surface area contributed by atoms with Crippen molar-refractivity contribution in [2.24, 2.45) is 11.1 Å². The number of oxime groups is 1. The molecule has 0 aromatic heterocycles. The van der Waals surface area contributed by atoms with E-state index in [0.717, 1.165) is 25.7 Å². The van der Waals surface area contributed by atoms with Crippen molar-refractivity contribution in [3.8, 4) is 0 Å². The molecule has 3 nitrogen and oxygen atoms in total. The van der Waals surface area contributed by atoms with Gasteiger partial charge in [-0.3, -0.25) is 4.90 Å². The predicted molar refractivity (Wildman–Crippen MR) is 57.8 cm³/mol. The summed E-state index contributed by atoms with van der Waals surface area (Å²) in [7, 11) is 1.48. The van der Waals surface area contributed by atoms with E-state index in [9.17, 15) is 13.2 Å². The average Bonchev–Trinajstić information content (AvgIpc) is 2.50. The second kappa shape index (κ2) is 4.84. The fourth-order valence-corrected chi connectivity index (χ4v) is 3.05. The molecule has 2 fully saturated rings. The molecule has 17 heavy (non-hydrogen) atoms. The van der Waals surface area contributed by atoms with Gasteiger partial charge in [0.25, 0.3) is 0 Å². The van der Waals surface area contributed by atoms with Crippen molar-refractivity contribution < 1.29 is 18.0 Å². The molecule has 0 aliphatic carbocycles. The number of nitrogens with zero attached hydrogens (tertiary/aromatic N) is 2. The lowest BCUT2D eigenvalue weighted by molar-refractivity contribution is -0.155. The van der Waals surface area contributed by atoms with E-state index in [1.54, 1.807) is 11.1 Å². The van der Waals surface area contributed by atoms with Crippen molar-refractivity contribution >= 4 is 6.21 Å². The van der Waals surface area contributed by atoms with E-state index in [2.05, 4.69) is 9.99 Å². The predicted octanol–water partition coefficient (Wildman–Crippen LogP) is 2.42. The topological polar surface area (TPSA) is 24.8 Å². The van der Waals surface area contributed by atoms with Gasteiger partial charge in [0.15, 0.2) is 0 Å². The molecule has 2 rings (SSSR count).